The van der Waals surface area contributed by atoms with Crippen LogP contribution in [0, 0.1) is 0 Å². The third kappa shape index (κ3) is 3.64. The first-order valence-electron chi connectivity index (χ1n) is 4.46. The molecule has 1 amide bonds. The lowest BCUT2D eigenvalue weighted by molar-refractivity contribution is -0.113. The summed E-state index contributed by atoms with van der Waals surface area (Å²) < 4.78 is 5.36. The fourth-order valence-corrected chi connectivity index (χ4v) is 1.09. The van der Waals surface area contributed by atoms with Crippen molar-refractivity contribution in [2.75, 3.05) is 17.8 Å². The number of nitrogens with one attached hydrogen (secondary N) is 1. The first kappa shape index (κ1) is 11.6. The van der Waals surface area contributed by atoms with Gasteiger partial charge in [-0.1, -0.05) is 24.8 Å². The normalized spacial score (nSPS) is 9.40. The van der Waals surface area contributed by atoms with Crippen molar-refractivity contribution in [3.63, 3.8) is 0 Å². The minimum absolute atomic E-state index is 0.0736. The van der Waals surface area contributed by atoms with Crippen molar-refractivity contribution in [1.82, 2.24) is 0 Å². The van der Waals surface area contributed by atoms with Crippen LogP contribution in [0.5, 0.6) is 5.75 Å². The number of ether oxygens (including phenoxy) is 1. The van der Waals surface area contributed by atoms with Crippen LogP contribution in [0.2, 0.25) is 0 Å². The van der Waals surface area contributed by atoms with Crippen LogP contribution < -0.4 is 10.1 Å². The molecule has 4 heteroatoms. The number of carbonyl (C=O) groups is 1. The first-order valence-corrected chi connectivity index (χ1v) is 5.00. The van der Waals surface area contributed by atoms with Gasteiger partial charge in [0.15, 0.2) is 0 Å². The summed E-state index contributed by atoms with van der Waals surface area (Å²) in [5.41, 5.74) is 0.616. The van der Waals surface area contributed by atoms with E-state index in [1.807, 2.05) is 12.1 Å². The van der Waals surface area contributed by atoms with Crippen molar-refractivity contribution in [2.45, 2.75) is 0 Å². The van der Waals surface area contributed by atoms with Crippen molar-refractivity contribution < 1.29 is 9.53 Å². The molecule has 1 aromatic carbocycles. The molecule has 1 rings (SSSR count). The third-order valence-electron chi connectivity index (χ3n) is 1.64. The van der Waals surface area contributed by atoms with Gasteiger partial charge in [-0.3, -0.25) is 4.79 Å². The highest BCUT2D eigenvalue weighted by molar-refractivity contribution is 6.29. The summed E-state index contributed by atoms with van der Waals surface area (Å²) in [4.78, 5) is 11.1. The zero-order chi connectivity index (χ0) is 11.1. The Balaban J connectivity index is 2.76. The second-order valence-corrected chi connectivity index (χ2v) is 3.04. The maximum Gasteiger partial charge on any atom is 0.239 e. The Morgan fingerprint density at radius 2 is 2.27 bits per heavy atom. The van der Waals surface area contributed by atoms with Gasteiger partial charge in [0.05, 0.1) is 5.69 Å². The van der Waals surface area contributed by atoms with Gasteiger partial charge in [0.25, 0.3) is 0 Å². The van der Waals surface area contributed by atoms with E-state index in [1.165, 1.54) is 0 Å². The fraction of sp³-hybridized carbons (Fsp3) is 0.182. The minimum atomic E-state index is -0.258. The van der Waals surface area contributed by atoms with Crippen LogP contribution in [-0.4, -0.2) is 18.4 Å². The van der Waals surface area contributed by atoms with Crippen LogP contribution in [0.25, 0.3) is 0 Å². The van der Waals surface area contributed by atoms with E-state index in [0.717, 1.165) is 0 Å². The quantitative estimate of drug-likeness (QED) is 0.618. The maximum atomic E-state index is 11.1. The second kappa shape index (κ2) is 6.09. The summed E-state index contributed by atoms with van der Waals surface area (Å²) in [5.74, 6) is 0.276. The maximum absolute atomic E-state index is 11.1. The number of rotatable bonds is 5. The number of benzene rings is 1. The second-order valence-electron chi connectivity index (χ2n) is 2.78. The van der Waals surface area contributed by atoms with E-state index in [2.05, 4.69) is 11.9 Å². The van der Waals surface area contributed by atoms with E-state index < -0.39 is 0 Å². The molecule has 0 aliphatic carbocycles. The first-order chi connectivity index (χ1) is 7.27. The Morgan fingerprint density at radius 3 is 2.93 bits per heavy atom. The van der Waals surface area contributed by atoms with Crippen molar-refractivity contribution >= 4 is 23.2 Å². The molecular weight excluding hydrogens is 214 g/mol. The molecule has 0 saturated heterocycles. The van der Waals surface area contributed by atoms with Crippen LogP contribution >= 0.6 is 11.6 Å². The van der Waals surface area contributed by atoms with Gasteiger partial charge in [-0.05, 0) is 12.1 Å². The van der Waals surface area contributed by atoms with E-state index in [4.69, 9.17) is 16.3 Å². The molecule has 0 saturated carbocycles. The lowest BCUT2D eigenvalue weighted by atomic mass is 10.3. The average molecular weight is 226 g/mol. The molecule has 0 aliphatic heterocycles. The van der Waals surface area contributed by atoms with Gasteiger partial charge in [-0.15, -0.1) is 11.6 Å². The molecule has 0 aliphatic rings. The molecule has 1 N–H and O–H groups in total. The highest BCUT2D eigenvalue weighted by Crippen LogP contribution is 2.23. The highest BCUT2D eigenvalue weighted by Gasteiger charge is 2.05. The number of carbonyl (C=O) groups excluding carboxylic acids is 1. The third-order valence-corrected chi connectivity index (χ3v) is 1.88. The van der Waals surface area contributed by atoms with Gasteiger partial charge in [0, 0.05) is 0 Å². The average Bonchev–Trinajstić information content (AvgIpc) is 2.28. The molecule has 0 radical (unpaired) electrons. The van der Waals surface area contributed by atoms with E-state index in [9.17, 15) is 4.79 Å². The topological polar surface area (TPSA) is 38.3 Å². The standard InChI is InChI=1S/C11H12ClNO2/c1-2-7-15-10-6-4-3-5-9(10)13-11(14)8-12/h2-6H,1,7-8H2,(H,13,14). The number of anilines is 1. The molecule has 3 nitrogen and oxygen atoms in total. The Labute approximate surface area is 93.7 Å². The summed E-state index contributed by atoms with van der Waals surface area (Å²) in [6.45, 7) is 3.95. The molecule has 0 aromatic heterocycles. The predicted molar refractivity (Wildman–Crippen MR) is 61.5 cm³/mol. The Kier molecular flexibility index (Phi) is 4.71. The lowest BCUT2D eigenvalue weighted by Crippen LogP contribution is -2.13. The number of halogens is 1. The van der Waals surface area contributed by atoms with Gasteiger partial charge in [0.1, 0.15) is 18.2 Å². The molecule has 0 unspecified atom stereocenters. The highest BCUT2D eigenvalue weighted by atomic mass is 35.5. The SMILES string of the molecule is C=CCOc1ccccc1NC(=O)CCl. The zero-order valence-electron chi connectivity index (χ0n) is 8.20. The number of alkyl halides is 1. The number of hydrogen-bond donors (Lipinski definition) is 1. The molecule has 15 heavy (non-hydrogen) atoms. The summed E-state index contributed by atoms with van der Waals surface area (Å²) in [5, 5.41) is 2.64. The van der Waals surface area contributed by atoms with E-state index >= 15 is 0 Å². The van der Waals surface area contributed by atoms with Crippen LogP contribution in [0.3, 0.4) is 0 Å². The molecule has 0 bridgehead atoms. The monoisotopic (exact) mass is 225 g/mol. The summed E-state index contributed by atoms with van der Waals surface area (Å²) in [6.07, 6.45) is 1.64. The van der Waals surface area contributed by atoms with Crippen molar-refractivity contribution in [2.24, 2.45) is 0 Å². The summed E-state index contributed by atoms with van der Waals surface area (Å²) in [7, 11) is 0. The Bertz CT molecular complexity index is 352. The molecule has 0 spiro atoms. The summed E-state index contributed by atoms with van der Waals surface area (Å²) >= 11 is 5.39. The van der Waals surface area contributed by atoms with Crippen LogP contribution in [0.15, 0.2) is 36.9 Å². The molecule has 1 aromatic rings. The number of amides is 1. The molecular formula is C11H12ClNO2. The number of para-hydroxylation sites is 2. The predicted octanol–water partition coefficient (Wildman–Crippen LogP) is 2.43. The van der Waals surface area contributed by atoms with Crippen LogP contribution in [0.1, 0.15) is 0 Å². The molecule has 0 fully saturated rings. The zero-order valence-corrected chi connectivity index (χ0v) is 8.96. The van der Waals surface area contributed by atoms with Gasteiger partial charge < -0.3 is 10.1 Å². The molecule has 0 atom stereocenters. The van der Waals surface area contributed by atoms with Gasteiger partial charge in [0.2, 0.25) is 5.91 Å². The molecule has 0 heterocycles. The minimum Gasteiger partial charge on any atom is -0.487 e. The number of hydrogen-bond acceptors (Lipinski definition) is 2. The van der Waals surface area contributed by atoms with Crippen molar-refractivity contribution in [3.8, 4) is 5.75 Å². The van der Waals surface area contributed by atoms with Crippen LogP contribution in [-0.2, 0) is 4.79 Å². The van der Waals surface area contributed by atoms with E-state index in [0.29, 0.717) is 18.0 Å². The van der Waals surface area contributed by atoms with Gasteiger partial charge >= 0.3 is 0 Å². The van der Waals surface area contributed by atoms with Crippen molar-refractivity contribution in [1.29, 1.82) is 0 Å². The van der Waals surface area contributed by atoms with Gasteiger partial charge in [-0.2, -0.15) is 0 Å². The largest absolute Gasteiger partial charge is 0.487 e. The van der Waals surface area contributed by atoms with Crippen molar-refractivity contribution in [3.05, 3.63) is 36.9 Å². The van der Waals surface area contributed by atoms with Gasteiger partial charge in [-0.25, -0.2) is 0 Å². The Morgan fingerprint density at radius 1 is 1.53 bits per heavy atom. The summed E-state index contributed by atoms with van der Waals surface area (Å²) in [6, 6.07) is 7.16. The van der Waals surface area contributed by atoms with Crippen LogP contribution in [0.4, 0.5) is 5.69 Å². The Hall–Kier alpha value is -1.48. The molecule has 80 valence electrons. The lowest BCUT2D eigenvalue weighted by Gasteiger charge is -2.10. The van der Waals surface area contributed by atoms with E-state index in [1.54, 1.807) is 18.2 Å². The van der Waals surface area contributed by atoms with E-state index in [-0.39, 0.29) is 11.8 Å². The fourth-order valence-electron chi connectivity index (χ4n) is 1.03. The smallest absolute Gasteiger partial charge is 0.239 e.